The van der Waals surface area contributed by atoms with Crippen LogP contribution in [0.5, 0.6) is 0 Å². The summed E-state index contributed by atoms with van der Waals surface area (Å²) < 4.78 is 0. The van der Waals surface area contributed by atoms with Crippen LogP contribution in [-0.4, -0.2) is 35.6 Å². The first-order valence-corrected chi connectivity index (χ1v) is 6.40. The van der Waals surface area contributed by atoms with Gasteiger partial charge in [-0.3, -0.25) is 0 Å². The first-order valence-electron chi connectivity index (χ1n) is 6.40. The molecule has 1 saturated carbocycles. The van der Waals surface area contributed by atoms with Crippen molar-refractivity contribution in [3.8, 4) is 0 Å². The van der Waals surface area contributed by atoms with E-state index < -0.39 is 0 Å². The predicted octanol–water partition coefficient (Wildman–Crippen LogP) is 1.31. The molecule has 4 nitrogen and oxygen atoms in total. The van der Waals surface area contributed by atoms with Crippen LogP contribution in [0.2, 0.25) is 0 Å². The molecule has 0 spiro atoms. The number of rotatable bonds is 2. The smallest absolute Gasteiger partial charge is 0.318 e. The van der Waals surface area contributed by atoms with Crippen LogP contribution in [0.25, 0.3) is 0 Å². The first-order chi connectivity index (χ1) is 7.58. The van der Waals surface area contributed by atoms with E-state index in [9.17, 15) is 4.79 Å². The number of carbonyl (C=O) groups excluding carboxylic acids is 1. The maximum absolute atomic E-state index is 11.9. The second-order valence-corrected chi connectivity index (χ2v) is 5.52. The highest BCUT2D eigenvalue weighted by Crippen LogP contribution is 2.25. The summed E-state index contributed by atoms with van der Waals surface area (Å²) in [6.07, 6.45) is 4.25. The van der Waals surface area contributed by atoms with Crippen molar-refractivity contribution in [1.82, 2.24) is 10.2 Å². The van der Waals surface area contributed by atoms with E-state index in [0.29, 0.717) is 24.0 Å². The molecule has 0 bridgehead atoms. The quantitative estimate of drug-likeness (QED) is 0.744. The van der Waals surface area contributed by atoms with Gasteiger partial charge in [0.25, 0.3) is 0 Å². The maximum atomic E-state index is 11.9. The third-order valence-corrected chi connectivity index (χ3v) is 3.95. The van der Waals surface area contributed by atoms with E-state index in [2.05, 4.69) is 19.2 Å². The molecule has 1 saturated heterocycles. The Morgan fingerprint density at radius 2 is 1.94 bits per heavy atom. The Morgan fingerprint density at radius 3 is 2.44 bits per heavy atom. The van der Waals surface area contributed by atoms with Gasteiger partial charge in [-0.15, -0.1) is 0 Å². The highest BCUT2D eigenvalue weighted by molar-refractivity contribution is 5.77. The zero-order chi connectivity index (χ0) is 11.7. The monoisotopic (exact) mass is 225 g/mol. The number of carbonyl (C=O) groups is 1. The average molecular weight is 225 g/mol. The Morgan fingerprint density at radius 1 is 1.31 bits per heavy atom. The summed E-state index contributed by atoms with van der Waals surface area (Å²) >= 11 is 0. The minimum Gasteiger partial charge on any atom is -0.333 e. The van der Waals surface area contributed by atoms with Gasteiger partial charge < -0.3 is 16.0 Å². The summed E-state index contributed by atoms with van der Waals surface area (Å²) in [5.74, 6) is 0.514. The molecule has 92 valence electrons. The molecule has 1 aliphatic carbocycles. The van der Waals surface area contributed by atoms with Gasteiger partial charge in [0.1, 0.15) is 0 Å². The largest absolute Gasteiger partial charge is 0.333 e. The van der Waals surface area contributed by atoms with Gasteiger partial charge in [-0.25, -0.2) is 4.79 Å². The van der Waals surface area contributed by atoms with Crippen molar-refractivity contribution in [2.45, 2.75) is 57.7 Å². The summed E-state index contributed by atoms with van der Waals surface area (Å²) in [6, 6.07) is 1.22. The van der Waals surface area contributed by atoms with E-state index >= 15 is 0 Å². The zero-order valence-corrected chi connectivity index (χ0v) is 10.3. The average Bonchev–Trinajstić information content (AvgIpc) is 2.62. The molecule has 2 amide bonds. The Bertz CT molecular complexity index is 259. The third kappa shape index (κ3) is 2.32. The van der Waals surface area contributed by atoms with Crippen LogP contribution in [0, 0.1) is 5.92 Å². The maximum Gasteiger partial charge on any atom is 0.318 e. The molecule has 3 N–H and O–H groups in total. The summed E-state index contributed by atoms with van der Waals surface area (Å²) in [4.78, 5) is 13.9. The Labute approximate surface area is 97.6 Å². The minimum atomic E-state index is 0.124. The van der Waals surface area contributed by atoms with Gasteiger partial charge in [0.05, 0.1) is 6.04 Å². The summed E-state index contributed by atoms with van der Waals surface area (Å²) in [7, 11) is 0. The molecule has 1 atom stereocenters. The summed E-state index contributed by atoms with van der Waals surface area (Å²) in [6.45, 7) is 5.19. The molecule has 0 radical (unpaired) electrons. The van der Waals surface area contributed by atoms with Gasteiger partial charge in [0.15, 0.2) is 0 Å². The number of amides is 2. The second-order valence-electron chi connectivity index (χ2n) is 5.52. The van der Waals surface area contributed by atoms with Crippen LogP contribution < -0.4 is 11.1 Å². The van der Waals surface area contributed by atoms with E-state index in [0.717, 1.165) is 32.2 Å². The molecule has 4 heteroatoms. The lowest BCUT2D eigenvalue weighted by Crippen LogP contribution is -2.42. The van der Waals surface area contributed by atoms with E-state index in [1.165, 1.54) is 0 Å². The molecule has 1 unspecified atom stereocenters. The normalized spacial score (nSPS) is 35.6. The Kier molecular flexibility index (Phi) is 3.38. The van der Waals surface area contributed by atoms with Crippen LogP contribution in [-0.2, 0) is 0 Å². The number of hydrogen-bond acceptors (Lipinski definition) is 2. The lowest BCUT2D eigenvalue weighted by atomic mass is 9.91. The lowest BCUT2D eigenvalue weighted by Gasteiger charge is -2.32. The van der Waals surface area contributed by atoms with Gasteiger partial charge in [0, 0.05) is 18.6 Å². The van der Waals surface area contributed by atoms with Gasteiger partial charge >= 0.3 is 6.03 Å². The van der Waals surface area contributed by atoms with E-state index in [4.69, 9.17) is 5.73 Å². The highest BCUT2D eigenvalue weighted by atomic mass is 16.2. The third-order valence-electron chi connectivity index (χ3n) is 3.95. The fourth-order valence-corrected chi connectivity index (χ4v) is 2.69. The number of nitrogens with one attached hydrogen (secondary N) is 1. The summed E-state index contributed by atoms with van der Waals surface area (Å²) in [5, 5.41) is 3.07. The van der Waals surface area contributed by atoms with Gasteiger partial charge in [0.2, 0.25) is 0 Å². The Balaban J connectivity index is 1.92. The molecule has 1 aliphatic heterocycles. The molecule has 0 aromatic carbocycles. The number of nitrogens with two attached hydrogens (primary N) is 1. The van der Waals surface area contributed by atoms with E-state index in [1.54, 1.807) is 0 Å². The standard InChI is InChI=1S/C12H23N3O/c1-8(2)11-7-15(12(16)14-11)10-5-3-9(13)4-6-10/h8-11H,3-7,13H2,1-2H3,(H,14,16). The fraction of sp³-hybridized carbons (Fsp3) is 0.917. The van der Waals surface area contributed by atoms with Crippen molar-refractivity contribution in [3.63, 3.8) is 0 Å². The molecule has 1 heterocycles. The van der Waals surface area contributed by atoms with Crippen molar-refractivity contribution >= 4 is 6.03 Å². The molecular weight excluding hydrogens is 202 g/mol. The molecule has 0 aromatic heterocycles. The van der Waals surface area contributed by atoms with Crippen LogP contribution in [0.3, 0.4) is 0 Å². The summed E-state index contributed by atoms with van der Waals surface area (Å²) in [5.41, 5.74) is 5.89. The molecule has 2 rings (SSSR count). The molecule has 2 aliphatic rings. The van der Waals surface area contributed by atoms with Crippen molar-refractivity contribution in [2.75, 3.05) is 6.54 Å². The van der Waals surface area contributed by atoms with Crippen molar-refractivity contribution in [3.05, 3.63) is 0 Å². The molecular formula is C12H23N3O. The predicted molar refractivity (Wildman–Crippen MR) is 64.1 cm³/mol. The van der Waals surface area contributed by atoms with Gasteiger partial charge in [-0.05, 0) is 31.6 Å². The van der Waals surface area contributed by atoms with E-state index in [1.807, 2.05) is 4.90 Å². The van der Waals surface area contributed by atoms with Crippen molar-refractivity contribution in [1.29, 1.82) is 0 Å². The minimum absolute atomic E-state index is 0.124. The fourth-order valence-electron chi connectivity index (χ4n) is 2.69. The molecule has 16 heavy (non-hydrogen) atoms. The van der Waals surface area contributed by atoms with Crippen molar-refractivity contribution in [2.24, 2.45) is 11.7 Å². The lowest BCUT2D eigenvalue weighted by molar-refractivity contribution is 0.173. The topological polar surface area (TPSA) is 58.4 Å². The highest BCUT2D eigenvalue weighted by Gasteiger charge is 2.36. The molecule has 2 fully saturated rings. The van der Waals surface area contributed by atoms with Crippen LogP contribution in [0.1, 0.15) is 39.5 Å². The van der Waals surface area contributed by atoms with Crippen LogP contribution in [0.15, 0.2) is 0 Å². The first kappa shape index (κ1) is 11.7. The van der Waals surface area contributed by atoms with E-state index in [-0.39, 0.29) is 6.03 Å². The second kappa shape index (κ2) is 4.62. The molecule has 0 aromatic rings. The number of urea groups is 1. The SMILES string of the molecule is CC(C)C1CN(C2CCC(N)CC2)C(=O)N1. The van der Waals surface area contributed by atoms with Crippen LogP contribution in [0.4, 0.5) is 4.79 Å². The van der Waals surface area contributed by atoms with Gasteiger partial charge in [-0.2, -0.15) is 0 Å². The Hall–Kier alpha value is -0.770. The van der Waals surface area contributed by atoms with Crippen molar-refractivity contribution < 1.29 is 4.79 Å². The van der Waals surface area contributed by atoms with Crippen LogP contribution >= 0.6 is 0 Å². The number of hydrogen-bond donors (Lipinski definition) is 2. The zero-order valence-electron chi connectivity index (χ0n) is 10.3. The van der Waals surface area contributed by atoms with Gasteiger partial charge in [-0.1, -0.05) is 13.8 Å². The number of nitrogens with zero attached hydrogens (tertiary/aromatic N) is 1.